The van der Waals surface area contributed by atoms with Crippen molar-refractivity contribution in [2.75, 3.05) is 33.2 Å². The lowest BCUT2D eigenvalue weighted by Crippen LogP contribution is -2.35. The number of hydrogen-bond donors (Lipinski definition) is 3. The molecule has 3 aromatic heterocycles. The van der Waals surface area contributed by atoms with Gasteiger partial charge in [0.1, 0.15) is 28.6 Å². The zero-order valence-electron chi connectivity index (χ0n) is 27.5. The number of carbonyl (C=O) groups is 1. The number of phenolic OH excluding ortho intramolecular Hbond substituents is 1. The van der Waals surface area contributed by atoms with E-state index in [4.69, 9.17) is 9.52 Å². The van der Waals surface area contributed by atoms with E-state index in [9.17, 15) is 15.0 Å². The number of amides is 1. The molecule has 47 heavy (non-hydrogen) atoms. The van der Waals surface area contributed by atoms with Crippen LogP contribution in [0.1, 0.15) is 62.1 Å². The van der Waals surface area contributed by atoms with E-state index in [1.54, 1.807) is 35.5 Å². The maximum atomic E-state index is 13.3. The lowest BCUT2D eigenvalue weighted by molar-refractivity contribution is -0.133. The number of aromatic nitrogens is 4. The Kier molecular flexibility index (Phi) is 10.9. The standard InChI is InChI=1S/C35H44N8O4/c1-22(2)34(35(46)43-15-12-25(44)21-43)33-18-27(41-47-33)24(19-37-4)20-38-14-11-23(10-13-36-3)30-17-29-31(42(30)5)16-28(39-40-29)26-8-6-7-9-32(26)45/h6-9,16-20,22-23,25,34,36,44-45H,4,10-15,21H2,1-3,5H3/b24-19+,38-20?. The zero-order chi connectivity index (χ0) is 33.5. The van der Waals surface area contributed by atoms with Gasteiger partial charge in [0.15, 0.2) is 0 Å². The highest BCUT2D eigenvalue weighted by Gasteiger charge is 2.35. The molecule has 0 spiro atoms. The van der Waals surface area contributed by atoms with Crippen LogP contribution in [0.4, 0.5) is 0 Å². The Morgan fingerprint density at radius 3 is 2.72 bits per heavy atom. The Morgan fingerprint density at radius 1 is 1.21 bits per heavy atom. The number of β-amino-alcohol motifs (C(OH)–C–C–N with tert-alkyl or cyclic N) is 1. The van der Waals surface area contributed by atoms with Gasteiger partial charge in [0.2, 0.25) is 5.91 Å². The lowest BCUT2D eigenvalue weighted by Gasteiger charge is -2.23. The van der Waals surface area contributed by atoms with Crippen LogP contribution in [0.25, 0.3) is 27.9 Å². The summed E-state index contributed by atoms with van der Waals surface area (Å²) in [5, 5.41) is 36.7. The summed E-state index contributed by atoms with van der Waals surface area (Å²) >= 11 is 0. The molecule has 1 aliphatic rings. The van der Waals surface area contributed by atoms with Crippen molar-refractivity contribution in [3.8, 4) is 17.0 Å². The summed E-state index contributed by atoms with van der Waals surface area (Å²) in [6, 6.07) is 12.9. The van der Waals surface area contributed by atoms with Crippen LogP contribution in [0.3, 0.4) is 0 Å². The molecule has 12 nitrogen and oxygen atoms in total. The van der Waals surface area contributed by atoms with Gasteiger partial charge < -0.3 is 29.5 Å². The SMILES string of the molecule is C=N/C=C(\C=NCCC(CCNC)c1cc2nnc(-c3ccccc3O)cc2n1C)c1cc(C(C(=O)N2CCC(O)C2)C(C)C)on1. The van der Waals surface area contributed by atoms with Crippen LogP contribution in [0.2, 0.25) is 0 Å². The molecule has 4 aromatic rings. The number of nitrogens with zero attached hydrogens (tertiary/aromatic N) is 7. The average molecular weight is 641 g/mol. The Balaban J connectivity index is 1.31. The van der Waals surface area contributed by atoms with Gasteiger partial charge in [-0.25, -0.2) is 0 Å². The van der Waals surface area contributed by atoms with Crippen LogP contribution < -0.4 is 5.32 Å². The second-order valence-electron chi connectivity index (χ2n) is 12.4. The Morgan fingerprint density at radius 2 is 2.02 bits per heavy atom. The quantitative estimate of drug-likeness (QED) is 0.170. The normalized spacial score (nSPS) is 16.9. The van der Waals surface area contributed by atoms with Crippen molar-refractivity contribution in [1.29, 1.82) is 0 Å². The van der Waals surface area contributed by atoms with Crippen LogP contribution >= 0.6 is 0 Å². The number of rotatable bonds is 14. The number of aryl methyl sites for hydroxylation is 1. The van der Waals surface area contributed by atoms with E-state index in [2.05, 4.69) is 43.0 Å². The number of benzene rings is 1. The topological polar surface area (TPSA) is 154 Å². The number of likely N-dealkylation sites (tertiary alicyclic amines) is 1. The molecule has 0 radical (unpaired) electrons. The molecule has 1 aromatic carbocycles. The number of para-hydroxylation sites is 1. The fourth-order valence-electron chi connectivity index (χ4n) is 6.21. The highest BCUT2D eigenvalue weighted by Crippen LogP contribution is 2.33. The van der Waals surface area contributed by atoms with Gasteiger partial charge in [-0.15, -0.1) is 10.2 Å². The average Bonchev–Trinajstić information content (AvgIpc) is 3.79. The van der Waals surface area contributed by atoms with Gasteiger partial charge in [0, 0.05) is 67.9 Å². The zero-order valence-corrected chi connectivity index (χ0v) is 27.5. The minimum atomic E-state index is -0.510. The van der Waals surface area contributed by atoms with E-state index in [1.165, 1.54) is 0 Å². The first-order valence-corrected chi connectivity index (χ1v) is 16.1. The molecule has 3 N–H and O–H groups in total. The predicted octanol–water partition coefficient (Wildman–Crippen LogP) is 4.56. The Hall–Kier alpha value is -4.68. The highest BCUT2D eigenvalue weighted by atomic mass is 16.5. The molecule has 0 bridgehead atoms. The molecule has 1 saturated heterocycles. The molecule has 1 aliphatic heterocycles. The van der Waals surface area contributed by atoms with Crippen molar-refractivity contribution in [2.24, 2.45) is 23.0 Å². The molecule has 248 valence electrons. The lowest BCUT2D eigenvalue weighted by atomic mass is 9.91. The molecular weight excluding hydrogens is 596 g/mol. The van der Waals surface area contributed by atoms with Gasteiger partial charge in [-0.05, 0) is 69.8 Å². The molecule has 0 aliphatic carbocycles. The smallest absolute Gasteiger partial charge is 0.233 e. The second-order valence-corrected chi connectivity index (χ2v) is 12.4. The van der Waals surface area contributed by atoms with Crippen LogP contribution in [-0.2, 0) is 11.8 Å². The number of carbonyl (C=O) groups excluding carboxylic acids is 1. The summed E-state index contributed by atoms with van der Waals surface area (Å²) in [5.74, 6) is 0.231. The maximum Gasteiger partial charge on any atom is 0.233 e. The number of aliphatic imine (C=N–C) groups is 2. The summed E-state index contributed by atoms with van der Waals surface area (Å²) in [5.41, 5.74) is 5.27. The van der Waals surface area contributed by atoms with Gasteiger partial charge in [0.05, 0.1) is 17.3 Å². The molecule has 4 heterocycles. The fourth-order valence-corrected chi connectivity index (χ4v) is 6.21. The van der Waals surface area contributed by atoms with E-state index in [0.29, 0.717) is 54.3 Å². The number of allylic oxidation sites excluding steroid dienone is 1. The van der Waals surface area contributed by atoms with Gasteiger partial charge in [-0.2, -0.15) is 0 Å². The van der Waals surface area contributed by atoms with Crippen molar-refractivity contribution in [1.82, 2.24) is 30.1 Å². The predicted molar refractivity (Wildman–Crippen MR) is 184 cm³/mol. The largest absolute Gasteiger partial charge is 0.507 e. The summed E-state index contributed by atoms with van der Waals surface area (Å²) in [7, 11) is 3.97. The number of phenols is 1. The fraction of sp³-hybridized carbons (Fsp3) is 0.429. The third-order valence-corrected chi connectivity index (χ3v) is 8.78. The maximum absolute atomic E-state index is 13.3. The number of aliphatic hydroxyl groups is 1. The molecule has 1 amide bonds. The van der Waals surface area contributed by atoms with Crippen molar-refractivity contribution < 1.29 is 19.5 Å². The van der Waals surface area contributed by atoms with E-state index >= 15 is 0 Å². The first-order chi connectivity index (χ1) is 22.7. The molecule has 1 fully saturated rings. The van der Waals surface area contributed by atoms with Gasteiger partial charge in [0.25, 0.3) is 0 Å². The molecular formula is C35H44N8O4. The van der Waals surface area contributed by atoms with Gasteiger partial charge in [-0.3, -0.25) is 14.8 Å². The molecule has 3 unspecified atom stereocenters. The number of nitrogens with one attached hydrogen (secondary N) is 1. The summed E-state index contributed by atoms with van der Waals surface area (Å²) in [4.78, 5) is 23.7. The molecule has 3 atom stereocenters. The van der Waals surface area contributed by atoms with E-state index in [0.717, 1.165) is 36.1 Å². The van der Waals surface area contributed by atoms with Crippen LogP contribution in [0, 0.1) is 5.92 Å². The second kappa shape index (κ2) is 15.3. The molecule has 12 heteroatoms. The number of aromatic hydroxyl groups is 1. The van der Waals surface area contributed by atoms with Gasteiger partial charge >= 0.3 is 0 Å². The van der Waals surface area contributed by atoms with Crippen molar-refractivity contribution in [3.63, 3.8) is 0 Å². The van der Waals surface area contributed by atoms with Crippen LogP contribution in [-0.4, -0.2) is 93.2 Å². The molecule has 0 saturated carbocycles. The minimum absolute atomic E-state index is 0.0218. The van der Waals surface area contributed by atoms with Crippen LogP contribution in [0.15, 0.2) is 63.2 Å². The van der Waals surface area contributed by atoms with E-state index < -0.39 is 12.0 Å². The minimum Gasteiger partial charge on any atom is -0.507 e. The third-order valence-electron chi connectivity index (χ3n) is 8.78. The highest BCUT2D eigenvalue weighted by molar-refractivity contribution is 6.09. The third kappa shape index (κ3) is 7.66. The summed E-state index contributed by atoms with van der Waals surface area (Å²) in [6.07, 6.45) is 5.08. The monoisotopic (exact) mass is 640 g/mol. The van der Waals surface area contributed by atoms with Crippen LogP contribution in [0.5, 0.6) is 5.75 Å². The summed E-state index contributed by atoms with van der Waals surface area (Å²) < 4.78 is 7.85. The van der Waals surface area contributed by atoms with E-state index in [1.807, 2.05) is 46.1 Å². The Bertz CT molecular complexity index is 1760. The first-order valence-electron chi connectivity index (χ1n) is 16.1. The molecule has 5 rings (SSSR count). The Labute approximate surface area is 274 Å². The van der Waals surface area contributed by atoms with Crippen molar-refractivity contribution in [3.05, 3.63) is 65.8 Å². The first kappa shape index (κ1) is 33.7. The van der Waals surface area contributed by atoms with Gasteiger partial charge in [-0.1, -0.05) is 31.1 Å². The van der Waals surface area contributed by atoms with E-state index in [-0.39, 0.29) is 23.5 Å². The van der Waals surface area contributed by atoms with Crippen molar-refractivity contribution in [2.45, 2.75) is 51.0 Å². The number of aliphatic hydroxyl groups excluding tert-OH is 1. The summed E-state index contributed by atoms with van der Waals surface area (Å²) in [6.45, 7) is 9.81. The number of hydrogen-bond acceptors (Lipinski definition) is 10. The van der Waals surface area contributed by atoms with Crippen molar-refractivity contribution >= 4 is 35.4 Å². The number of fused-ring (bicyclic) bond motifs is 1.